The van der Waals surface area contributed by atoms with Crippen molar-refractivity contribution in [3.05, 3.63) is 69.5 Å². The van der Waals surface area contributed by atoms with Crippen molar-refractivity contribution in [1.29, 1.82) is 0 Å². The molecule has 7 nitrogen and oxygen atoms in total. The minimum atomic E-state index is -4.53. The second-order valence-corrected chi connectivity index (χ2v) is 9.01. The first-order chi connectivity index (χ1) is 17.0. The van der Waals surface area contributed by atoms with E-state index in [1.54, 1.807) is 13.0 Å². The third-order valence-corrected chi connectivity index (χ3v) is 6.52. The van der Waals surface area contributed by atoms with E-state index in [4.69, 9.17) is 10.5 Å². The van der Waals surface area contributed by atoms with Gasteiger partial charge in [-0.05, 0) is 73.2 Å². The van der Waals surface area contributed by atoms with Gasteiger partial charge >= 0.3 is 12.1 Å². The summed E-state index contributed by atoms with van der Waals surface area (Å²) in [6.45, 7) is 1.70. The van der Waals surface area contributed by atoms with E-state index in [0.717, 1.165) is 23.3 Å². The molecule has 1 aliphatic rings. The smallest absolute Gasteiger partial charge is 0.416 e. The van der Waals surface area contributed by atoms with E-state index < -0.39 is 17.8 Å². The number of aromatic nitrogens is 2. The number of carbonyl (C=O) groups excluding carboxylic acids is 1. The van der Waals surface area contributed by atoms with Gasteiger partial charge in [0.25, 0.3) is 5.56 Å². The maximum Gasteiger partial charge on any atom is 0.416 e. The Morgan fingerprint density at radius 2 is 1.97 bits per heavy atom. The number of nitrogens with two attached hydrogens (primary N) is 1. The molecule has 0 amide bonds. The minimum Gasteiger partial charge on any atom is -0.469 e. The maximum atomic E-state index is 13.3. The summed E-state index contributed by atoms with van der Waals surface area (Å²) in [6.07, 6.45) is -0.632. The summed E-state index contributed by atoms with van der Waals surface area (Å²) in [5, 5.41) is 8.50. The molecule has 0 bridgehead atoms. The second-order valence-electron chi connectivity index (χ2n) is 9.01. The highest BCUT2D eigenvalue weighted by Crippen LogP contribution is 2.35. The van der Waals surface area contributed by atoms with E-state index in [0.29, 0.717) is 41.4 Å². The number of nitrogen functional groups attached to an aromatic ring is 1. The minimum absolute atomic E-state index is 0.00327. The van der Waals surface area contributed by atoms with Crippen LogP contribution in [0.3, 0.4) is 0 Å². The number of alkyl halides is 3. The second kappa shape index (κ2) is 9.67. The number of nitrogens with one attached hydrogen (secondary N) is 1. The zero-order valence-corrected chi connectivity index (χ0v) is 20.1. The summed E-state index contributed by atoms with van der Waals surface area (Å²) >= 11 is 0. The van der Waals surface area contributed by atoms with Gasteiger partial charge in [-0.3, -0.25) is 9.59 Å². The topological polar surface area (TPSA) is 99.2 Å². The number of nitrogens with zero attached hydrogens (tertiary/aromatic N) is 2. The Labute approximate surface area is 205 Å². The number of anilines is 2. The third kappa shape index (κ3) is 5.07. The van der Waals surface area contributed by atoms with Crippen molar-refractivity contribution in [1.82, 2.24) is 9.78 Å². The molecule has 1 aliphatic carbocycles. The van der Waals surface area contributed by atoms with Gasteiger partial charge in [-0.25, -0.2) is 4.68 Å². The summed E-state index contributed by atoms with van der Waals surface area (Å²) in [7, 11) is 2.89. The van der Waals surface area contributed by atoms with Crippen LogP contribution in [-0.4, -0.2) is 22.9 Å². The fourth-order valence-electron chi connectivity index (χ4n) is 4.51. The van der Waals surface area contributed by atoms with Gasteiger partial charge in [-0.1, -0.05) is 12.1 Å². The quantitative estimate of drug-likeness (QED) is 0.375. The molecule has 36 heavy (non-hydrogen) atoms. The lowest BCUT2D eigenvalue weighted by Gasteiger charge is -2.21. The molecule has 4 rings (SSSR count). The van der Waals surface area contributed by atoms with E-state index in [1.165, 1.54) is 24.9 Å². The number of fused-ring (bicyclic) bond motifs is 1. The molecule has 2 aromatic carbocycles. The molecule has 1 unspecified atom stereocenters. The average Bonchev–Trinajstić information content (AvgIpc) is 2.85. The first-order valence-corrected chi connectivity index (χ1v) is 11.5. The van der Waals surface area contributed by atoms with Crippen LogP contribution in [-0.2, 0) is 22.8 Å². The fraction of sp³-hybridized carbons (Fsp3) is 0.346. The summed E-state index contributed by atoms with van der Waals surface area (Å²) in [5.74, 6) is -0.0420. The molecule has 3 N–H and O–H groups in total. The van der Waals surface area contributed by atoms with Crippen LogP contribution in [0.1, 0.15) is 48.9 Å². The van der Waals surface area contributed by atoms with Crippen LogP contribution in [0.15, 0.2) is 47.3 Å². The van der Waals surface area contributed by atoms with Crippen LogP contribution in [0.5, 0.6) is 0 Å². The van der Waals surface area contributed by atoms with Gasteiger partial charge < -0.3 is 15.8 Å². The Balaban J connectivity index is 1.71. The van der Waals surface area contributed by atoms with Crippen LogP contribution in [0.2, 0.25) is 0 Å². The molecule has 0 spiro atoms. The highest BCUT2D eigenvalue weighted by molar-refractivity contribution is 5.93. The molecule has 0 radical (unpaired) electrons. The standard InChI is InChI=1S/C26H27F3N4O3/c1-14(18-10-19(26(27,28)29)13-20(30)11-18)31-23-22-12-17(8-9-21(22)24(34)33(2)32-23)15-4-6-16(7-5-15)25(35)36-3/h4,8-14,16H,5-7,30H2,1-3H3,(H,31,32)/t14-,16?/m1/s1. The molecule has 0 aliphatic heterocycles. The molecule has 0 saturated carbocycles. The lowest BCUT2D eigenvalue weighted by atomic mass is 9.86. The molecular formula is C26H27F3N4O3. The Bertz CT molecular complexity index is 1410. The summed E-state index contributed by atoms with van der Waals surface area (Å²) in [6, 6.07) is 8.27. The third-order valence-electron chi connectivity index (χ3n) is 6.52. The molecule has 190 valence electrons. The molecule has 0 fully saturated rings. The van der Waals surface area contributed by atoms with E-state index in [1.807, 2.05) is 18.2 Å². The van der Waals surface area contributed by atoms with Crippen molar-refractivity contribution in [3.63, 3.8) is 0 Å². The Morgan fingerprint density at radius 1 is 1.22 bits per heavy atom. The number of methoxy groups -OCH3 is 1. The van der Waals surface area contributed by atoms with Crippen molar-refractivity contribution in [2.45, 2.75) is 38.4 Å². The van der Waals surface area contributed by atoms with E-state index >= 15 is 0 Å². The van der Waals surface area contributed by atoms with Crippen LogP contribution in [0, 0.1) is 5.92 Å². The zero-order chi connectivity index (χ0) is 26.2. The van der Waals surface area contributed by atoms with Crippen LogP contribution < -0.4 is 16.6 Å². The number of hydrogen-bond donors (Lipinski definition) is 2. The van der Waals surface area contributed by atoms with Gasteiger partial charge in [0, 0.05) is 18.1 Å². The Morgan fingerprint density at radius 3 is 2.61 bits per heavy atom. The highest BCUT2D eigenvalue weighted by Gasteiger charge is 2.31. The van der Waals surface area contributed by atoms with Gasteiger partial charge in [-0.15, -0.1) is 0 Å². The van der Waals surface area contributed by atoms with E-state index in [9.17, 15) is 22.8 Å². The van der Waals surface area contributed by atoms with Crippen LogP contribution in [0.4, 0.5) is 24.7 Å². The lowest BCUT2D eigenvalue weighted by Crippen LogP contribution is -2.22. The largest absolute Gasteiger partial charge is 0.469 e. The molecule has 1 aromatic heterocycles. The first kappa shape index (κ1) is 25.3. The van der Waals surface area contributed by atoms with Gasteiger partial charge in [0.05, 0.1) is 30.0 Å². The van der Waals surface area contributed by atoms with Gasteiger partial charge in [0.1, 0.15) is 0 Å². The number of hydrogen-bond acceptors (Lipinski definition) is 6. The molecule has 10 heteroatoms. The Hall–Kier alpha value is -3.82. The van der Waals surface area contributed by atoms with Crippen molar-refractivity contribution in [2.24, 2.45) is 13.0 Å². The molecule has 0 saturated heterocycles. The number of esters is 1. The maximum absolute atomic E-state index is 13.3. The SMILES string of the molecule is COC(=O)C1CC=C(c2ccc3c(=O)n(C)nc(N[C@H](C)c4cc(N)cc(C(F)(F)F)c4)c3c2)CC1. The molecule has 1 heterocycles. The molecular weight excluding hydrogens is 473 g/mol. The summed E-state index contributed by atoms with van der Waals surface area (Å²) in [4.78, 5) is 24.6. The van der Waals surface area contributed by atoms with Gasteiger partial charge in [0.15, 0.2) is 5.82 Å². The van der Waals surface area contributed by atoms with Crippen LogP contribution >= 0.6 is 0 Å². The number of allylic oxidation sites excluding steroid dienone is 2. The summed E-state index contributed by atoms with van der Waals surface area (Å²) in [5.41, 5.74) is 6.89. The Kier molecular flexibility index (Phi) is 6.79. The van der Waals surface area contributed by atoms with Gasteiger partial charge in [0.2, 0.25) is 0 Å². The monoisotopic (exact) mass is 500 g/mol. The lowest BCUT2D eigenvalue weighted by molar-refractivity contribution is -0.145. The number of ether oxygens (including phenoxy) is 1. The molecule has 3 aromatic rings. The first-order valence-electron chi connectivity index (χ1n) is 11.5. The summed E-state index contributed by atoms with van der Waals surface area (Å²) < 4.78 is 45.9. The van der Waals surface area contributed by atoms with E-state index in [-0.39, 0.29) is 23.1 Å². The van der Waals surface area contributed by atoms with Crippen molar-refractivity contribution in [2.75, 3.05) is 18.2 Å². The average molecular weight is 501 g/mol. The van der Waals surface area contributed by atoms with Crippen LogP contribution in [0.25, 0.3) is 16.3 Å². The number of halogens is 3. The van der Waals surface area contributed by atoms with Gasteiger partial charge in [-0.2, -0.15) is 18.3 Å². The number of aryl methyl sites for hydroxylation is 1. The predicted octanol–water partition coefficient (Wildman–Crippen LogP) is 5.06. The normalized spacial score (nSPS) is 16.9. The van der Waals surface area contributed by atoms with Crippen molar-refractivity contribution < 1.29 is 22.7 Å². The van der Waals surface area contributed by atoms with Crippen molar-refractivity contribution in [3.8, 4) is 0 Å². The number of carbonyl (C=O) groups is 1. The predicted molar refractivity (Wildman–Crippen MR) is 132 cm³/mol. The number of rotatable bonds is 5. The van der Waals surface area contributed by atoms with E-state index in [2.05, 4.69) is 10.4 Å². The molecule has 2 atom stereocenters. The fourth-order valence-corrected chi connectivity index (χ4v) is 4.51. The van der Waals surface area contributed by atoms with Crippen molar-refractivity contribution >= 4 is 33.8 Å². The zero-order valence-electron chi connectivity index (χ0n) is 20.1. The highest BCUT2D eigenvalue weighted by atomic mass is 19.4. The number of benzene rings is 2.